The Labute approximate surface area is 125 Å². The Morgan fingerprint density at radius 2 is 1.95 bits per heavy atom. The van der Waals surface area contributed by atoms with E-state index in [0.29, 0.717) is 30.3 Å². The third-order valence-electron chi connectivity index (χ3n) is 2.80. The van der Waals surface area contributed by atoms with Gasteiger partial charge >= 0.3 is 5.97 Å². The fraction of sp³-hybridized carbons (Fsp3) is 0.357. The zero-order valence-electron chi connectivity index (χ0n) is 11.6. The highest BCUT2D eigenvalue weighted by molar-refractivity contribution is 6.30. The fourth-order valence-corrected chi connectivity index (χ4v) is 2.28. The van der Waals surface area contributed by atoms with Crippen LogP contribution in [0, 0.1) is 6.92 Å². The van der Waals surface area contributed by atoms with Crippen molar-refractivity contribution >= 4 is 23.6 Å². The molecule has 0 amide bonds. The standard InChI is InChI=1S/C13H11ClF2O3.CH3F/c1-6-3-8(14)4-7-5-9(12(17)18)11(13(2,15)16)19-10(6)7;1-2/h3-5,11H,1-2H3,(H,17,18);1H3. The van der Waals surface area contributed by atoms with Crippen LogP contribution >= 0.6 is 11.6 Å². The zero-order chi connectivity index (χ0) is 16.4. The van der Waals surface area contributed by atoms with Crippen LogP contribution in [0.15, 0.2) is 17.7 Å². The summed E-state index contributed by atoms with van der Waals surface area (Å²) in [6.07, 6.45) is -0.625. The number of fused-ring (bicyclic) bond motifs is 1. The average molecular weight is 323 g/mol. The number of carboxylic acid groups (broad SMARTS) is 1. The summed E-state index contributed by atoms with van der Waals surface area (Å²) in [6.45, 7) is 2.29. The molecular weight excluding hydrogens is 309 g/mol. The van der Waals surface area contributed by atoms with Crippen LogP contribution in [0.2, 0.25) is 5.02 Å². The molecule has 0 bridgehead atoms. The van der Waals surface area contributed by atoms with Crippen molar-refractivity contribution in [3.8, 4) is 5.75 Å². The van der Waals surface area contributed by atoms with E-state index in [4.69, 9.17) is 21.4 Å². The number of halogens is 4. The maximum Gasteiger partial charge on any atom is 0.335 e. The molecule has 0 saturated heterocycles. The second-order valence-corrected chi connectivity index (χ2v) is 4.94. The molecule has 1 heterocycles. The summed E-state index contributed by atoms with van der Waals surface area (Å²) in [5.41, 5.74) is 0.488. The molecule has 0 saturated carbocycles. The first-order valence-electron chi connectivity index (χ1n) is 5.87. The smallest absolute Gasteiger partial charge is 0.335 e. The van der Waals surface area contributed by atoms with Crippen LogP contribution in [0.3, 0.4) is 0 Å². The quantitative estimate of drug-likeness (QED) is 0.891. The van der Waals surface area contributed by atoms with Gasteiger partial charge in [-0.15, -0.1) is 0 Å². The number of alkyl halides is 3. The van der Waals surface area contributed by atoms with E-state index < -0.39 is 23.6 Å². The molecule has 0 aliphatic carbocycles. The van der Waals surface area contributed by atoms with Gasteiger partial charge in [-0.05, 0) is 30.7 Å². The van der Waals surface area contributed by atoms with Gasteiger partial charge in [0.05, 0.1) is 12.8 Å². The summed E-state index contributed by atoms with van der Waals surface area (Å²) in [4.78, 5) is 11.1. The van der Waals surface area contributed by atoms with Crippen molar-refractivity contribution in [3.63, 3.8) is 0 Å². The zero-order valence-corrected chi connectivity index (χ0v) is 12.3. The van der Waals surface area contributed by atoms with Gasteiger partial charge in [-0.1, -0.05) is 11.6 Å². The van der Waals surface area contributed by atoms with Gasteiger partial charge in [0.1, 0.15) is 5.75 Å². The molecule has 1 atom stereocenters. The molecule has 2 rings (SSSR count). The molecule has 0 fully saturated rings. The van der Waals surface area contributed by atoms with Crippen molar-refractivity contribution < 1.29 is 27.8 Å². The number of aliphatic carboxylic acids is 1. The van der Waals surface area contributed by atoms with E-state index in [9.17, 15) is 18.0 Å². The summed E-state index contributed by atoms with van der Waals surface area (Å²) in [7, 11) is 0.500. The lowest BCUT2D eigenvalue weighted by Gasteiger charge is -2.30. The Bertz CT molecular complexity index is 580. The van der Waals surface area contributed by atoms with Crippen LogP contribution in [0.1, 0.15) is 18.1 Å². The highest BCUT2D eigenvalue weighted by Gasteiger charge is 2.44. The highest BCUT2D eigenvalue weighted by Crippen LogP contribution is 2.39. The van der Waals surface area contributed by atoms with Gasteiger partial charge < -0.3 is 9.84 Å². The molecule has 1 aliphatic rings. The second kappa shape index (κ2) is 6.39. The minimum atomic E-state index is -3.30. The van der Waals surface area contributed by atoms with E-state index >= 15 is 0 Å². The molecule has 0 radical (unpaired) electrons. The topological polar surface area (TPSA) is 46.5 Å². The number of hydrogen-bond acceptors (Lipinski definition) is 2. The molecule has 0 aromatic heterocycles. The normalized spacial score (nSPS) is 16.9. The van der Waals surface area contributed by atoms with Gasteiger partial charge in [0.25, 0.3) is 5.92 Å². The van der Waals surface area contributed by atoms with Gasteiger partial charge in [0, 0.05) is 17.5 Å². The van der Waals surface area contributed by atoms with Crippen LogP contribution in [-0.4, -0.2) is 30.3 Å². The molecule has 21 heavy (non-hydrogen) atoms. The maximum absolute atomic E-state index is 13.5. The van der Waals surface area contributed by atoms with Crippen LogP contribution in [-0.2, 0) is 4.79 Å². The SMILES string of the molecule is CF.Cc1cc(Cl)cc2c1OC(C(C)(F)F)C(C(=O)O)=C2. The Morgan fingerprint density at radius 3 is 2.43 bits per heavy atom. The van der Waals surface area contributed by atoms with Gasteiger partial charge in [-0.2, -0.15) is 0 Å². The lowest BCUT2D eigenvalue weighted by molar-refractivity contribution is -0.137. The van der Waals surface area contributed by atoms with E-state index in [-0.39, 0.29) is 5.75 Å². The first-order chi connectivity index (χ1) is 9.70. The molecule has 1 aromatic rings. The van der Waals surface area contributed by atoms with E-state index in [2.05, 4.69) is 0 Å². The van der Waals surface area contributed by atoms with Crippen molar-refractivity contribution in [1.29, 1.82) is 0 Å². The fourth-order valence-electron chi connectivity index (χ4n) is 2.00. The molecular formula is C14H14ClF3O3. The van der Waals surface area contributed by atoms with E-state index in [1.807, 2.05) is 0 Å². The summed E-state index contributed by atoms with van der Waals surface area (Å²) < 4.78 is 41.6. The van der Waals surface area contributed by atoms with Crippen molar-refractivity contribution in [2.45, 2.75) is 25.9 Å². The summed E-state index contributed by atoms with van der Waals surface area (Å²) in [6, 6.07) is 3.06. The van der Waals surface area contributed by atoms with E-state index in [0.717, 1.165) is 0 Å². The predicted octanol–water partition coefficient (Wildman–Crippen LogP) is 4.12. The third-order valence-corrected chi connectivity index (χ3v) is 3.02. The van der Waals surface area contributed by atoms with E-state index in [1.165, 1.54) is 12.1 Å². The minimum absolute atomic E-state index is 0.237. The maximum atomic E-state index is 13.5. The van der Waals surface area contributed by atoms with Crippen molar-refractivity contribution in [2.24, 2.45) is 0 Å². The molecule has 116 valence electrons. The molecule has 7 heteroatoms. The largest absolute Gasteiger partial charge is 0.478 e. The molecule has 0 spiro atoms. The Morgan fingerprint density at radius 1 is 1.38 bits per heavy atom. The number of hydrogen-bond donors (Lipinski definition) is 1. The minimum Gasteiger partial charge on any atom is -0.478 e. The Hall–Kier alpha value is -1.69. The summed E-state index contributed by atoms with van der Waals surface area (Å²) >= 11 is 5.86. The van der Waals surface area contributed by atoms with Crippen LogP contribution in [0.5, 0.6) is 5.75 Å². The monoisotopic (exact) mass is 322 g/mol. The molecule has 1 N–H and O–H groups in total. The average Bonchev–Trinajstić information content (AvgIpc) is 2.38. The number of carbonyl (C=O) groups is 1. The lowest BCUT2D eigenvalue weighted by atomic mass is 9.96. The molecule has 1 aromatic carbocycles. The van der Waals surface area contributed by atoms with Gasteiger partial charge in [-0.3, -0.25) is 4.39 Å². The van der Waals surface area contributed by atoms with E-state index in [1.54, 1.807) is 13.0 Å². The number of aryl methyl sites for hydroxylation is 1. The predicted molar refractivity (Wildman–Crippen MR) is 73.9 cm³/mol. The Balaban J connectivity index is 0.00000106. The van der Waals surface area contributed by atoms with Crippen molar-refractivity contribution in [1.82, 2.24) is 0 Å². The lowest BCUT2D eigenvalue weighted by Crippen LogP contribution is -2.41. The Kier molecular flexibility index (Phi) is 5.28. The number of carboxylic acids is 1. The van der Waals surface area contributed by atoms with Gasteiger partial charge in [0.2, 0.25) is 0 Å². The van der Waals surface area contributed by atoms with Gasteiger partial charge in [-0.25, -0.2) is 13.6 Å². The van der Waals surface area contributed by atoms with Gasteiger partial charge in [0.15, 0.2) is 6.10 Å². The number of rotatable bonds is 2. The number of benzene rings is 1. The van der Waals surface area contributed by atoms with Crippen molar-refractivity contribution in [2.75, 3.05) is 7.18 Å². The number of ether oxygens (including phenoxy) is 1. The summed E-state index contributed by atoms with van der Waals surface area (Å²) in [5, 5.41) is 9.41. The van der Waals surface area contributed by atoms with Crippen molar-refractivity contribution in [3.05, 3.63) is 33.9 Å². The third kappa shape index (κ3) is 3.69. The first-order valence-corrected chi connectivity index (χ1v) is 6.25. The van der Waals surface area contributed by atoms with Crippen LogP contribution < -0.4 is 4.74 Å². The van der Waals surface area contributed by atoms with Crippen LogP contribution in [0.25, 0.3) is 6.08 Å². The van der Waals surface area contributed by atoms with Crippen LogP contribution in [0.4, 0.5) is 13.2 Å². The highest BCUT2D eigenvalue weighted by atomic mass is 35.5. The summed E-state index contributed by atoms with van der Waals surface area (Å²) in [5.74, 6) is -4.50. The molecule has 3 nitrogen and oxygen atoms in total. The molecule has 1 aliphatic heterocycles. The molecule has 1 unspecified atom stereocenters. The first kappa shape index (κ1) is 17.4. The second-order valence-electron chi connectivity index (χ2n) is 4.50.